The highest BCUT2D eigenvalue weighted by molar-refractivity contribution is 7.99. The summed E-state index contributed by atoms with van der Waals surface area (Å²) in [6, 6.07) is 6.39. The van der Waals surface area contributed by atoms with Gasteiger partial charge in [-0.2, -0.15) is 4.98 Å². The van der Waals surface area contributed by atoms with Gasteiger partial charge in [-0.3, -0.25) is 4.57 Å². The van der Waals surface area contributed by atoms with Crippen LogP contribution in [0.5, 0.6) is 0 Å². The highest BCUT2D eigenvalue weighted by atomic mass is 32.2. The second kappa shape index (κ2) is 7.75. The Labute approximate surface area is 205 Å². The molecule has 2 atom stereocenters. The van der Waals surface area contributed by atoms with Crippen molar-refractivity contribution >= 4 is 28.5 Å². The van der Waals surface area contributed by atoms with E-state index in [1.807, 2.05) is 13.0 Å². The molecule has 4 aliphatic heterocycles. The largest absolute Gasteiger partial charge is 0.380 e. The molecule has 6 nitrogen and oxygen atoms in total. The molecule has 0 aliphatic carbocycles. The monoisotopic (exact) mass is 496 g/mol. The summed E-state index contributed by atoms with van der Waals surface area (Å²) in [5, 5.41) is 4.68. The van der Waals surface area contributed by atoms with Gasteiger partial charge in [-0.1, -0.05) is 0 Å². The molecule has 2 bridgehead atoms. The minimum atomic E-state index is -0.603. The van der Waals surface area contributed by atoms with Crippen molar-refractivity contribution in [2.24, 2.45) is 5.41 Å². The van der Waals surface area contributed by atoms with Crippen molar-refractivity contribution in [3.05, 3.63) is 51.9 Å². The average Bonchev–Trinajstić information content (AvgIpc) is 2.80. The van der Waals surface area contributed by atoms with Crippen molar-refractivity contribution in [3.63, 3.8) is 0 Å². The van der Waals surface area contributed by atoms with Crippen molar-refractivity contribution in [2.45, 2.75) is 43.3 Å². The molecule has 9 heteroatoms. The van der Waals surface area contributed by atoms with E-state index in [0.29, 0.717) is 35.4 Å². The van der Waals surface area contributed by atoms with Gasteiger partial charge in [0.15, 0.2) is 0 Å². The van der Waals surface area contributed by atoms with E-state index in [2.05, 4.69) is 15.2 Å². The third-order valence-electron chi connectivity index (χ3n) is 7.99. The quantitative estimate of drug-likeness (QED) is 0.584. The molecule has 1 aromatic heterocycles. The van der Waals surface area contributed by atoms with Crippen LogP contribution in [0, 0.1) is 24.0 Å². The molecule has 0 radical (unpaired) electrons. The summed E-state index contributed by atoms with van der Waals surface area (Å²) < 4.78 is 35.8. The number of thioether (sulfide) groups is 1. The summed E-state index contributed by atoms with van der Waals surface area (Å²) >= 11 is 1.63. The SMILES string of the molecule is Cc1cc2c(N3CC4CC5(COC5)CC(C3)N4)nc(=O)n3c2c(c1-c1ccc(F)cc1F)SCC3. The van der Waals surface area contributed by atoms with Crippen molar-refractivity contribution in [2.75, 3.05) is 37.0 Å². The number of rotatable bonds is 2. The normalized spacial score (nSPS) is 24.6. The zero-order valence-electron chi connectivity index (χ0n) is 19.4. The number of aromatic nitrogens is 2. The fraction of sp³-hybridized carbons (Fsp3) is 0.462. The molecule has 35 heavy (non-hydrogen) atoms. The lowest BCUT2D eigenvalue weighted by Crippen LogP contribution is -2.66. The van der Waals surface area contributed by atoms with Gasteiger partial charge >= 0.3 is 5.69 Å². The van der Waals surface area contributed by atoms with Crippen molar-refractivity contribution < 1.29 is 13.5 Å². The smallest absolute Gasteiger partial charge is 0.350 e. The zero-order valence-corrected chi connectivity index (χ0v) is 20.3. The van der Waals surface area contributed by atoms with Crippen molar-refractivity contribution in [3.8, 4) is 11.1 Å². The highest BCUT2D eigenvalue weighted by Crippen LogP contribution is 2.46. The predicted molar refractivity (Wildman–Crippen MR) is 132 cm³/mol. The van der Waals surface area contributed by atoms with E-state index in [-0.39, 0.29) is 5.69 Å². The molecule has 3 aromatic rings. The highest BCUT2D eigenvalue weighted by Gasteiger charge is 2.48. The van der Waals surface area contributed by atoms with Crippen molar-refractivity contribution in [1.29, 1.82) is 0 Å². The zero-order chi connectivity index (χ0) is 23.9. The molecule has 1 spiro atoms. The fourth-order valence-electron chi connectivity index (χ4n) is 6.60. The van der Waals surface area contributed by atoms with E-state index in [1.165, 1.54) is 12.1 Å². The van der Waals surface area contributed by atoms with Gasteiger partial charge in [-0.05, 0) is 43.5 Å². The van der Waals surface area contributed by atoms with Crippen LogP contribution in [0.25, 0.3) is 22.0 Å². The summed E-state index contributed by atoms with van der Waals surface area (Å²) in [7, 11) is 0. The number of hydrogen-bond donors (Lipinski definition) is 1. The van der Waals surface area contributed by atoms with Gasteiger partial charge in [0.25, 0.3) is 0 Å². The number of piperazine rings is 1. The predicted octanol–water partition coefficient (Wildman–Crippen LogP) is 3.71. The Morgan fingerprint density at radius 1 is 1.17 bits per heavy atom. The Morgan fingerprint density at radius 2 is 1.94 bits per heavy atom. The Bertz CT molecular complexity index is 1420. The molecule has 182 valence electrons. The Hall–Kier alpha value is -2.49. The number of fused-ring (bicyclic) bond motifs is 2. The number of nitrogens with zero attached hydrogens (tertiary/aromatic N) is 3. The van der Waals surface area contributed by atoms with E-state index < -0.39 is 11.6 Å². The van der Waals surface area contributed by atoms with E-state index in [0.717, 1.165) is 78.0 Å². The molecule has 0 saturated carbocycles. The van der Waals surface area contributed by atoms with Gasteiger partial charge < -0.3 is 15.0 Å². The third-order valence-corrected chi connectivity index (χ3v) is 9.06. The van der Waals surface area contributed by atoms with Crippen LogP contribution in [0.3, 0.4) is 0 Å². The molecule has 5 heterocycles. The summed E-state index contributed by atoms with van der Waals surface area (Å²) in [6.07, 6.45) is 2.15. The van der Waals surface area contributed by atoms with Crippen LogP contribution in [0.2, 0.25) is 0 Å². The molecule has 3 fully saturated rings. The van der Waals surface area contributed by atoms with Gasteiger partial charge in [0, 0.05) is 70.4 Å². The first-order valence-corrected chi connectivity index (χ1v) is 13.1. The Kier molecular flexibility index (Phi) is 4.82. The minimum absolute atomic E-state index is 0.268. The molecular weight excluding hydrogens is 470 g/mol. The Morgan fingerprint density at radius 3 is 2.63 bits per heavy atom. The lowest BCUT2D eigenvalue weighted by molar-refractivity contribution is -0.142. The number of nitrogens with one attached hydrogen (secondary N) is 1. The minimum Gasteiger partial charge on any atom is -0.380 e. The van der Waals surface area contributed by atoms with E-state index >= 15 is 0 Å². The summed E-state index contributed by atoms with van der Waals surface area (Å²) in [6.45, 7) is 5.79. The number of anilines is 1. The first-order valence-electron chi connectivity index (χ1n) is 12.2. The first-order chi connectivity index (χ1) is 16.9. The van der Waals surface area contributed by atoms with Gasteiger partial charge in [0.2, 0.25) is 0 Å². The number of ether oxygens (including phenoxy) is 1. The Balaban J connectivity index is 1.38. The lowest BCUT2D eigenvalue weighted by Gasteiger charge is -2.54. The van der Waals surface area contributed by atoms with Gasteiger partial charge in [-0.25, -0.2) is 13.6 Å². The van der Waals surface area contributed by atoms with Crippen LogP contribution in [-0.2, 0) is 11.3 Å². The maximum atomic E-state index is 14.9. The molecule has 4 aliphatic rings. The molecule has 7 rings (SSSR count). The topological polar surface area (TPSA) is 59.4 Å². The second-order valence-corrected chi connectivity index (χ2v) is 11.6. The molecule has 3 saturated heterocycles. The molecule has 2 unspecified atom stereocenters. The van der Waals surface area contributed by atoms with Crippen LogP contribution in [0.4, 0.5) is 14.6 Å². The van der Waals surface area contributed by atoms with Crippen LogP contribution in [-0.4, -0.2) is 53.7 Å². The molecule has 2 aromatic carbocycles. The van der Waals surface area contributed by atoms with Crippen LogP contribution >= 0.6 is 11.8 Å². The van der Waals surface area contributed by atoms with Crippen LogP contribution < -0.4 is 15.9 Å². The average molecular weight is 497 g/mol. The van der Waals surface area contributed by atoms with Gasteiger partial charge in [0.05, 0.1) is 18.7 Å². The lowest BCUT2D eigenvalue weighted by atomic mass is 9.70. The summed E-state index contributed by atoms with van der Waals surface area (Å²) in [5.74, 6) is 0.219. The van der Waals surface area contributed by atoms with E-state index in [1.54, 1.807) is 16.3 Å². The van der Waals surface area contributed by atoms with Crippen molar-refractivity contribution in [1.82, 2.24) is 14.9 Å². The third kappa shape index (κ3) is 3.35. The molecule has 0 amide bonds. The number of halogens is 2. The molecular formula is C26H26F2N4O2S. The van der Waals surface area contributed by atoms with Crippen LogP contribution in [0.15, 0.2) is 34.0 Å². The molecule has 1 N–H and O–H groups in total. The van der Waals surface area contributed by atoms with E-state index in [9.17, 15) is 13.6 Å². The maximum Gasteiger partial charge on any atom is 0.350 e. The summed E-state index contributed by atoms with van der Waals surface area (Å²) in [5.41, 5.74) is 2.83. The number of aryl methyl sites for hydroxylation is 2. The number of piperidine rings is 1. The maximum absolute atomic E-state index is 14.9. The van der Waals surface area contributed by atoms with Gasteiger partial charge in [-0.15, -0.1) is 11.8 Å². The standard InChI is InChI=1S/C26H26F2N4O2S/c1-14-6-19-22-23(21(14)18-3-2-15(27)7-20(18)28)35-5-4-32(22)25(33)30-24(19)31-10-16-8-26(12-34-13-26)9-17(11-31)29-16/h2-3,6-7,16-17,29H,4-5,8-13H2,1H3. The number of hydrogen-bond acceptors (Lipinski definition) is 6. The first kappa shape index (κ1) is 21.8. The van der Waals surface area contributed by atoms with Crippen LogP contribution in [0.1, 0.15) is 18.4 Å². The summed E-state index contributed by atoms with van der Waals surface area (Å²) in [4.78, 5) is 20.9. The van der Waals surface area contributed by atoms with Gasteiger partial charge in [0.1, 0.15) is 17.5 Å². The second-order valence-electron chi connectivity index (χ2n) is 10.5. The van der Waals surface area contributed by atoms with E-state index in [4.69, 9.17) is 4.74 Å². The fourth-order valence-corrected chi connectivity index (χ4v) is 7.85. The number of benzene rings is 2.